The topological polar surface area (TPSA) is 96.3 Å². The van der Waals surface area contributed by atoms with E-state index in [0.717, 1.165) is 0 Å². The lowest BCUT2D eigenvalue weighted by Gasteiger charge is -2.12. The van der Waals surface area contributed by atoms with E-state index in [-0.39, 0.29) is 17.0 Å². The second-order valence-electron chi connectivity index (χ2n) is 4.57. The lowest BCUT2D eigenvalue weighted by atomic mass is 10.3. The van der Waals surface area contributed by atoms with Gasteiger partial charge < -0.3 is 10.1 Å². The van der Waals surface area contributed by atoms with Crippen LogP contribution in [0.1, 0.15) is 6.42 Å². The molecule has 0 unspecified atom stereocenters. The predicted molar refractivity (Wildman–Crippen MR) is 84.4 cm³/mol. The Morgan fingerprint density at radius 2 is 1.74 bits per heavy atom. The summed E-state index contributed by atoms with van der Waals surface area (Å²) in [6.07, 6.45) is -0.352. The monoisotopic (exact) mass is 330 g/mol. The summed E-state index contributed by atoms with van der Waals surface area (Å²) in [5.74, 6) is -0.691. The van der Waals surface area contributed by atoms with Gasteiger partial charge in [-0.1, -0.05) is 30.3 Å². The molecule has 0 aliphatic rings. The first-order valence-corrected chi connectivity index (χ1v) is 8.34. The molecular formula is C16H14N2O4S. The van der Waals surface area contributed by atoms with Crippen LogP contribution in [0.3, 0.4) is 0 Å². The molecule has 0 saturated carbocycles. The molecule has 2 aromatic rings. The van der Waals surface area contributed by atoms with Gasteiger partial charge in [-0.25, -0.2) is 8.42 Å². The number of nitrogens with one attached hydrogen (secondary N) is 1. The molecule has 1 N–H and O–H groups in total. The number of hydrogen-bond acceptors (Lipinski definition) is 5. The molecule has 0 bridgehead atoms. The van der Waals surface area contributed by atoms with Crippen LogP contribution in [0, 0.1) is 11.3 Å². The Balaban J connectivity index is 2.19. The SMILES string of the molecule is N#CCC(=O)Nc1ccccc1S(=O)(=O)COc1ccccc1. The van der Waals surface area contributed by atoms with E-state index in [1.165, 1.54) is 12.1 Å². The highest BCUT2D eigenvalue weighted by Crippen LogP contribution is 2.23. The quantitative estimate of drug-likeness (QED) is 0.877. The number of hydrogen-bond donors (Lipinski definition) is 1. The third-order valence-electron chi connectivity index (χ3n) is 2.86. The minimum absolute atomic E-state index is 0.0535. The highest BCUT2D eigenvalue weighted by Gasteiger charge is 2.20. The molecule has 118 valence electrons. The zero-order chi connectivity index (χ0) is 16.7. The van der Waals surface area contributed by atoms with E-state index in [0.29, 0.717) is 5.75 Å². The third-order valence-corrected chi connectivity index (χ3v) is 4.31. The maximum absolute atomic E-state index is 12.4. The molecule has 0 radical (unpaired) electrons. The first kappa shape index (κ1) is 16.5. The number of carbonyl (C=O) groups is 1. The number of sulfone groups is 1. The molecule has 7 heteroatoms. The van der Waals surface area contributed by atoms with Gasteiger partial charge in [0.15, 0.2) is 5.94 Å². The van der Waals surface area contributed by atoms with Crippen LogP contribution in [0.15, 0.2) is 59.5 Å². The van der Waals surface area contributed by atoms with Crippen molar-refractivity contribution in [3.05, 3.63) is 54.6 Å². The minimum atomic E-state index is -3.77. The Morgan fingerprint density at radius 1 is 1.09 bits per heavy atom. The molecule has 6 nitrogen and oxygen atoms in total. The lowest BCUT2D eigenvalue weighted by molar-refractivity contribution is -0.115. The Kier molecular flexibility index (Phi) is 5.33. The second kappa shape index (κ2) is 7.42. The number of anilines is 1. The van der Waals surface area contributed by atoms with Gasteiger partial charge in [0, 0.05) is 0 Å². The molecule has 0 fully saturated rings. The van der Waals surface area contributed by atoms with E-state index < -0.39 is 21.7 Å². The van der Waals surface area contributed by atoms with E-state index in [2.05, 4.69) is 5.32 Å². The van der Waals surface area contributed by atoms with Gasteiger partial charge in [0.1, 0.15) is 12.2 Å². The fraction of sp³-hybridized carbons (Fsp3) is 0.125. The number of benzene rings is 2. The van der Waals surface area contributed by atoms with Crippen LogP contribution in [0.25, 0.3) is 0 Å². The number of carbonyl (C=O) groups excluding carboxylic acids is 1. The molecule has 0 atom stereocenters. The summed E-state index contributed by atoms with van der Waals surface area (Å²) in [5.41, 5.74) is 0.129. The standard InChI is InChI=1S/C16H14N2O4S/c17-11-10-16(19)18-14-8-4-5-9-15(14)23(20,21)12-22-13-6-2-1-3-7-13/h1-9H,10,12H2,(H,18,19). The highest BCUT2D eigenvalue weighted by molar-refractivity contribution is 7.91. The van der Waals surface area contributed by atoms with Crippen molar-refractivity contribution in [2.24, 2.45) is 0 Å². The molecule has 0 aromatic heterocycles. The van der Waals surface area contributed by atoms with E-state index in [1.807, 2.05) is 0 Å². The zero-order valence-electron chi connectivity index (χ0n) is 12.1. The van der Waals surface area contributed by atoms with Gasteiger partial charge in [0.2, 0.25) is 15.7 Å². The maximum atomic E-state index is 12.4. The molecule has 2 aromatic carbocycles. The van der Waals surface area contributed by atoms with Gasteiger partial charge in [0.05, 0.1) is 16.7 Å². The molecule has 1 amide bonds. The first-order chi connectivity index (χ1) is 11.0. The van der Waals surface area contributed by atoms with Gasteiger partial charge in [0.25, 0.3) is 0 Å². The largest absolute Gasteiger partial charge is 0.477 e. The fourth-order valence-corrected chi connectivity index (χ4v) is 2.99. The van der Waals surface area contributed by atoms with Crippen molar-refractivity contribution in [1.29, 1.82) is 5.26 Å². The van der Waals surface area contributed by atoms with Gasteiger partial charge in [-0.15, -0.1) is 0 Å². The number of amides is 1. The highest BCUT2D eigenvalue weighted by atomic mass is 32.2. The number of nitrogens with zero attached hydrogens (tertiary/aromatic N) is 1. The van der Waals surface area contributed by atoms with Crippen LogP contribution >= 0.6 is 0 Å². The summed E-state index contributed by atoms with van der Waals surface area (Å²) in [5, 5.41) is 10.9. The van der Waals surface area contributed by atoms with E-state index >= 15 is 0 Å². The predicted octanol–water partition coefficient (Wildman–Crippen LogP) is 2.35. The smallest absolute Gasteiger partial charge is 0.238 e. The third kappa shape index (κ3) is 4.56. The van der Waals surface area contributed by atoms with Gasteiger partial charge in [-0.05, 0) is 24.3 Å². The molecule has 0 aliphatic carbocycles. The summed E-state index contributed by atoms with van der Waals surface area (Å²) >= 11 is 0. The number of para-hydroxylation sites is 2. The van der Waals surface area contributed by atoms with E-state index in [4.69, 9.17) is 10.00 Å². The van der Waals surface area contributed by atoms with Crippen molar-refractivity contribution in [3.8, 4) is 11.8 Å². The number of ether oxygens (including phenoxy) is 1. The molecule has 0 spiro atoms. The number of nitriles is 1. The van der Waals surface area contributed by atoms with Crippen molar-refractivity contribution in [1.82, 2.24) is 0 Å². The molecule has 0 aliphatic heterocycles. The molecule has 23 heavy (non-hydrogen) atoms. The van der Waals surface area contributed by atoms with Crippen LogP contribution in [-0.2, 0) is 14.6 Å². The van der Waals surface area contributed by atoms with Gasteiger partial charge >= 0.3 is 0 Å². The summed E-state index contributed by atoms with van der Waals surface area (Å²) < 4.78 is 30.1. The lowest BCUT2D eigenvalue weighted by Crippen LogP contribution is -2.17. The van der Waals surface area contributed by atoms with Crippen LogP contribution in [0.4, 0.5) is 5.69 Å². The summed E-state index contributed by atoms with van der Waals surface area (Å²) in [7, 11) is -3.77. The van der Waals surface area contributed by atoms with Crippen LogP contribution < -0.4 is 10.1 Å². The molecule has 0 saturated heterocycles. The molecular weight excluding hydrogens is 316 g/mol. The summed E-state index contributed by atoms with van der Waals surface area (Å²) in [4.78, 5) is 11.5. The Labute approximate surface area is 134 Å². The normalized spacial score (nSPS) is 10.6. The van der Waals surface area contributed by atoms with Crippen molar-refractivity contribution < 1.29 is 17.9 Å². The van der Waals surface area contributed by atoms with Crippen molar-refractivity contribution in [2.45, 2.75) is 11.3 Å². The zero-order valence-corrected chi connectivity index (χ0v) is 12.9. The van der Waals surface area contributed by atoms with E-state index in [9.17, 15) is 13.2 Å². The second-order valence-corrected chi connectivity index (χ2v) is 6.47. The van der Waals surface area contributed by atoms with Crippen molar-refractivity contribution >= 4 is 21.4 Å². The average Bonchev–Trinajstić information content (AvgIpc) is 2.55. The van der Waals surface area contributed by atoms with Crippen LogP contribution in [-0.4, -0.2) is 20.3 Å². The Bertz CT molecular complexity index is 827. The summed E-state index contributed by atoms with van der Waals surface area (Å²) in [6.45, 7) is 0. The molecule has 0 heterocycles. The molecule has 2 rings (SSSR count). The first-order valence-electron chi connectivity index (χ1n) is 6.69. The number of rotatable bonds is 6. The van der Waals surface area contributed by atoms with Gasteiger partial charge in [-0.2, -0.15) is 5.26 Å². The fourth-order valence-electron chi connectivity index (χ4n) is 1.83. The van der Waals surface area contributed by atoms with Crippen molar-refractivity contribution in [3.63, 3.8) is 0 Å². The maximum Gasteiger partial charge on any atom is 0.238 e. The van der Waals surface area contributed by atoms with Crippen LogP contribution in [0.5, 0.6) is 5.75 Å². The Morgan fingerprint density at radius 3 is 2.43 bits per heavy atom. The van der Waals surface area contributed by atoms with Gasteiger partial charge in [-0.3, -0.25) is 4.79 Å². The van der Waals surface area contributed by atoms with E-state index in [1.54, 1.807) is 48.5 Å². The minimum Gasteiger partial charge on any atom is -0.477 e. The summed E-state index contributed by atoms with van der Waals surface area (Å²) in [6, 6.07) is 16.3. The van der Waals surface area contributed by atoms with Crippen molar-refractivity contribution in [2.75, 3.05) is 11.3 Å². The van der Waals surface area contributed by atoms with Crippen LogP contribution in [0.2, 0.25) is 0 Å². The Hall–Kier alpha value is -2.85. The average molecular weight is 330 g/mol.